The molecule has 0 unspecified atom stereocenters. The predicted molar refractivity (Wildman–Crippen MR) is 41.7 cm³/mol. The van der Waals surface area contributed by atoms with Crippen LogP contribution in [-0.4, -0.2) is 0 Å². The molecule has 0 saturated heterocycles. The van der Waals surface area contributed by atoms with E-state index in [0.717, 1.165) is 0 Å². The molecule has 0 fully saturated rings. The average molecular weight is 136 g/mol. The van der Waals surface area contributed by atoms with Crippen LogP contribution in [0.3, 0.4) is 0 Å². The Kier molecular flexibility index (Phi) is 1.75. The van der Waals surface area contributed by atoms with Gasteiger partial charge < -0.3 is 0 Å². The van der Waals surface area contributed by atoms with Crippen LogP contribution in [0, 0.1) is 0 Å². The molecule has 0 bridgehead atoms. The summed E-state index contributed by atoms with van der Waals surface area (Å²) in [5.74, 6) is 0. The molecule has 1 nitrogen and oxygen atoms in total. The molecule has 0 radical (unpaired) electrons. The highest BCUT2D eigenvalue weighted by Crippen LogP contribution is 2.19. The Morgan fingerprint density at radius 2 is 1.60 bits per heavy atom. The van der Waals surface area contributed by atoms with E-state index in [4.69, 9.17) is 0 Å². The molecule has 0 atom stereocenters. The first kappa shape index (κ1) is 7.26. The minimum atomic E-state index is 0.273. The lowest BCUT2D eigenvalue weighted by molar-refractivity contribution is -0.378. The molecule has 0 aliphatic rings. The first-order chi connectivity index (χ1) is 4.61. The number of rotatable bonds is 0. The summed E-state index contributed by atoms with van der Waals surface area (Å²) in [6.45, 7) is 6.63. The summed E-state index contributed by atoms with van der Waals surface area (Å²) in [6.07, 6.45) is 3.92. The number of pyridine rings is 1. The molecule has 0 saturated carbocycles. The van der Waals surface area contributed by atoms with Crippen LogP contribution in [0.15, 0.2) is 24.5 Å². The summed E-state index contributed by atoms with van der Waals surface area (Å²) in [6, 6.07) is 4.22. The number of H-pyrrole nitrogens is 1. The van der Waals surface area contributed by atoms with E-state index >= 15 is 0 Å². The average Bonchev–Trinajstić information content (AvgIpc) is 1.88. The lowest BCUT2D eigenvalue weighted by atomic mass is 9.88. The molecule has 0 amide bonds. The summed E-state index contributed by atoms with van der Waals surface area (Å²) in [7, 11) is 0. The fraction of sp³-hybridized carbons (Fsp3) is 0.444. The zero-order valence-electron chi connectivity index (χ0n) is 6.81. The second-order valence-corrected chi connectivity index (χ2v) is 3.54. The second-order valence-electron chi connectivity index (χ2n) is 3.54. The van der Waals surface area contributed by atoms with Crippen LogP contribution in [0.25, 0.3) is 0 Å². The van der Waals surface area contributed by atoms with Crippen LogP contribution in [0.2, 0.25) is 0 Å². The van der Waals surface area contributed by atoms with E-state index in [1.165, 1.54) is 5.56 Å². The Labute approximate surface area is 62.1 Å². The van der Waals surface area contributed by atoms with Crippen LogP contribution >= 0.6 is 0 Å². The van der Waals surface area contributed by atoms with E-state index in [2.05, 4.69) is 37.9 Å². The summed E-state index contributed by atoms with van der Waals surface area (Å²) >= 11 is 0. The summed E-state index contributed by atoms with van der Waals surface area (Å²) in [5.41, 5.74) is 1.64. The molecular weight excluding hydrogens is 122 g/mol. The molecule has 1 heterocycles. The van der Waals surface area contributed by atoms with E-state index in [1.807, 2.05) is 12.4 Å². The van der Waals surface area contributed by atoms with Crippen molar-refractivity contribution in [1.29, 1.82) is 0 Å². The molecule has 1 aromatic rings. The van der Waals surface area contributed by atoms with Crippen molar-refractivity contribution in [3.05, 3.63) is 30.1 Å². The topological polar surface area (TPSA) is 14.1 Å². The van der Waals surface area contributed by atoms with Gasteiger partial charge in [-0.1, -0.05) is 20.8 Å². The van der Waals surface area contributed by atoms with Gasteiger partial charge in [0.25, 0.3) is 0 Å². The van der Waals surface area contributed by atoms with Gasteiger partial charge in [0.1, 0.15) is 0 Å². The van der Waals surface area contributed by atoms with Crippen molar-refractivity contribution in [3.8, 4) is 0 Å². The van der Waals surface area contributed by atoms with Crippen molar-refractivity contribution in [2.24, 2.45) is 0 Å². The normalized spacial score (nSPS) is 11.5. The van der Waals surface area contributed by atoms with Gasteiger partial charge in [-0.2, -0.15) is 0 Å². The molecule has 54 valence electrons. The SMILES string of the molecule is CC(C)(C)c1cc[nH+]cc1. The lowest BCUT2D eigenvalue weighted by Gasteiger charge is -2.16. The molecule has 0 aromatic carbocycles. The van der Waals surface area contributed by atoms with Gasteiger partial charge in [-0.05, 0) is 11.0 Å². The highest BCUT2D eigenvalue weighted by atomic mass is 14.6. The minimum absolute atomic E-state index is 0.273. The fourth-order valence-corrected chi connectivity index (χ4v) is 0.887. The Morgan fingerprint density at radius 3 is 1.90 bits per heavy atom. The minimum Gasteiger partial charge on any atom is -0.218 e. The van der Waals surface area contributed by atoms with Crippen molar-refractivity contribution >= 4 is 0 Å². The smallest absolute Gasteiger partial charge is 0.167 e. The molecule has 0 spiro atoms. The Bertz CT molecular complexity index is 196. The zero-order chi connectivity index (χ0) is 7.61. The predicted octanol–water partition coefficient (Wildman–Crippen LogP) is 1.80. The van der Waals surface area contributed by atoms with Crippen LogP contribution in [0.5, 0.6) is 0 Å². The van der Waals surface area contributed by atoms with E-state index in [-0.39, 0.29) is 5.41 Å². The third kappa shape index (κ3) is 1.56. The van der Waals surface area contributed by atoms with Crippen molar-refractivity contribution in [2.45, 2.75) is 26.2 Å². The Morgan fingerprint density at radius 1 is 1.10 bits per heavy atom. The van der Waals surface area contributed by atoms with Gasteiger partial charge in [-0.25, -0.2) is 4.98 Å². The third-order valence-corrected chi connectivity index (χ3v) is 1.58. The molecule has 1 aromatic heterocycles. The lowest BCUT2D eigenvalue weighted by Crippen LogP contribution is -2.12. The summed E-state index contributed by atoms with van der Waals surface area (Å²) in [5, 5.41) is 0. The van der Waals surface area contributed by atoms with Crippen LogP contribution in [-0.2, 0) is 5.41 Å². The van der Waals surface area contributed by atoms with Gasteiger partial charge in [0.15, 0.2) is 12.4 Å². The fourth-order valence-electron chi connectivity index (χ4n) is 0.887. The first-order valence-electron chi connectivity index (χ1n) is 3.57. The van der Waals surface area contributed by atoms with Crippen molar-refractivity contribution in [1.82, 2.24) is 0 Å². The van der Waals surface area contributed by atoms with Crippen LogP contribution in [0.1, 0.15) is 26.3 Å². The van der Waals surface area contributed by atoms with Crippen molar-refractivity contribution < 1.29 is 4.98 Å². The number of nitrogens with one attached hydrogen (secondary N) is 1. The van der Waals surface area contributed by atoms with Gasteiger partial charge in [-0.15, -0.1) is 0 Å². The zero-order valence-corrected chi connectivity index (χ0v) is 6.81. The van der Waals surface area contributed by atoms with Gasteiger partial charge in [-0.3, -0.25) is 0 Å². The van der Waals surface area contributed by atoms with Crippen molar-refractivity contribution in [2.75, 3.05) is 0 Å². The highest BCUT2D eigenvalue weighted by Gasteiger charge is 2.12. The second kappa shape index (κ2) is 2.41. The number of aromatic amines is 1. The van der Waals surface area contributed by atoms with Crippen molar-refractivity contribution in [3.63, 3.8) is 0 Å². The van der Waals surface area contributed by atoms with Gasteiger partial charge >= 0.3 is 0 Å². The number of hydrogen-bond donors (Lipinski definition) is 0. The molecule has 0 aliphatic heterocycles. The standard InChI is InChI=1S/C9H13N/c1-9(2,3)8-4-6-10-7-5-8/h4-7H,1-3H3/p+1. The molecule has 1 heteroatoms. The first-order valence-corrected chi connectivity index (χ1v) is 3.57. The maximum atomic E-state index is 3.00. The molecular formula is C9H14N+. The molecule has 10 heavy (non-hydrogen) atoms. The number of hydrogen-bond acceptors (Lipinski definition) is 0. The largest absolute Gasteiger partial charge is 0.218 e. The Balaban J connectivity index is 2.97. The van der Waals surface area contributed by atoms with Gasteiger partial charge in [0, 0.05) is 12.1 Å². The van der Waals surface area contributed by atoms with Gasteiger partial charge in [0.05, 0.1) is 0 Å². The maximum absolute atomic E-state index is 3.00. The molecule has 0 aliphatic carbocycles. The number of aromatic nitrogens is 1. The third-order valence-electron chi connectivity index (χ3n) is 1.58. The van der Waals surface area contributed by atoms with E-state index in [0.29, 0.717) is 0 Å². The molecule has 1 rings (SSSR count). The van der Waals surface area contributed by atoms with E-state index in [9.17, 15) is 0 Å². The Hall–Kier alpha value is -0.850. The highest BCUT2D eigenvalue weighted by molar-refractivity contribution is 5.17. The molecule has 1 N–H and O–H groups in total. The quantitative estimate of drug-likeness (QED) is 0.516. The van der Waals surface area contributed by atoms with Gasteiger partial charge in [0.2, 0.25) is 0 Å². The van der Waals surface area contributed by atoms with E-state index < -0.39 is 0 Å². The summed E-state index contributed by atoms with van der Waals surface area (Å²) in [4.78, 5) is 3.00. The van der Waals surface area contributed by atoms with Crippen LogP contribution in [0.4, 0.5) is 0 Å². The van der Waals surface area contributed by atoms with Crippen LogP contribution < -0.4 is 4.98 Å². The van der Waals surface area contributed by atoms with E-state index in [1.54, 1.807) is 0 Å². The summed E-state index contributed by atoms with van der Waals surface area (Å²) < 4.78 is 0. The monoisotopic (exact) mass is 136 g/mol. The maximum Gasteiger partial charge on any atom is 0.167 e.